The van der Waals surface area contributed by atoms with Gasteiger partial charge in [-0.25, -0.2) is 4.39 Å². The fourth-order valence-electron chi connectivity index (χ4n) is 1.49. The summed E-state index contributed by atoms with van der Waals surface area (Å²) in [4.78, 5) is 11.8. The molecule has 0 bridgehead atoms. The topological polar surface area (TPSA) is 49.3 Å². The van der Waals surface area contributed by atoms with Gasteiger partial charge in [0.15, 0.2) is 0 Å². The standard InChI is InChI=1S/C14H12FNO2/c1-9-2-3-10(8-13(9)17)14(18)16-12-6-4-11(15)5-7-12/h2-8,17H,1H3,(H,16,18). The summed E-state index contributed by atoms with van der Waals surface area (Å²) < 4.78 is 12.7. The van der Waals surface area contributed by atoms with Crippen LogP contribution in [0.3, 0.4) is 0 Å². The third-order valence-electron chi connectivity index (χ3n) is 2.57. The maximum Gasteiger partial charge on any atom is 0.255 e. The molecule has 4 heteroatoms. The Hall–Kier alpha value is -2.36. The van der Waals surface area contributed by atoms with Gasteiger partial charge in [-0.1, -0.05) is 6.07 Å². The van der Waals surface area contributed by atoms with Crippen molar-refractivity contribution in [2.75, 3.05) is 5.32 Å². The van der Waals surface area contributed by atoms with E-state index in [9.17, 15) is 14.3 Å². The lowest BCUT2D eigenvalue weighted by molar-refractivity contribution is 0.102. The first-order valence-corrected chi connectivity index (χ1v) is 5.43. The number of benzene rings is 2. The molecule has 0 spiro atoms. The molecule has 0 unspecified atom stereocenters. The van der Waals surface area contributed by atoms with Crippen LogP contribution in [0.25, 0.3) is 0 Å². The number of aryl methyl sites for hydroxylation is 1. The lowest BCUT2D eigenvalue weighted by Crippen LogP contribution is -2.11. The molecule has 0 aliphatic rings. The number of phenols is 1. The molecule has 0 saturated carbocycles. The summed E-state index contributed by atoms with van der Waals surface area (Å²) in [5, 5.41) is 12.1. The summed E-state index contributed by atoms with van der Waals surface area (Å²) in [6.07, 6.45) is 0. The number of carbonyl (C=O) groups excluding carboxylic acids is 1. The van der Waals surface area contributed by atoms with E-state index in [1.54, 1.807) is 19.1 Å². The van der Waals surface area contributed by atoms with E-state index in [-0.39, 0.29) is 17.5 Å². The number of hydrogen-bond acceptors (Lipinski definition) is 2. The minimum Gasteiger partial charge on any atom is -0.508 e. The minimum absolute atomic E-state index is 0.0711. The van der Waals surface area contributed by atoms with E-state index in [1.165, 1.54) is 30.3 Å². The molecule has 0 saturated heterocycles. The molecule has 18 heavy (non-hydrogen) atoms. The zero-order valence-electron chi connectivity index (χ0n) is 9.77. The largest absolute Gasteiger partial charge is 0.508 e. The van der Waals surface area contributed by atoms with Crippen LogP contribution >= 0.6 is 0 Å². The number of aromatic hydroxyl groups is 1. The summed E-state index contributed by atoms with van der Waals surface area (Å²) in [6.45, 7) is 1.75. The summed E-state index contributed by atoms with van der Waals surface area (Å²) in [7, 11) is 0. The first kappa shape index (κ1) is 12.1. The molecule has 2 N–H and O–H groups in total. The van der Waals surface area contributed by atoms with Gasteiger partial charge in [-0.15, -0.1) is 0 Å². The number of nitrogens with one attached hydrogen (secondary N) is 1. The van der Waals surface area contributed by atoms with E-state index in [0.717, 1.165) is 0 Å². The highest BCUT2D eigenvalue weighted by molar-refractivity contribution is 6.04. The molecule has 0 heterocycles. The lowest BCUT2D eigenvalue weighted by Gasteiger charge is -2.06. The van der Waals surface area contributed by atoms with Crippen LogP contribution in [0.1, 0.15) is 15.9 Å². The van der Waals surface area contributed by atoms with Crippen molar-refractivity contribution < 1.29 is 14.3 Å². The van der Waals surface area contributed by atoms with Crippen molar-refractivity contribution in [3.8, 4) is 5.75 Å². The van der Waals surface area contributed by atoms with Gasteiger partial charge >= 0.3 is 0 Å². The Bertz CT molecular complexity index is 579. The molecule has 3 nitrogen and oxygen atoms in total. The predicted octanol–water partition coefficient (Wildman–Crippen LogP) is 3.09. The smallest absolute Gasteiger partial charge is 0.255 e. The maximum absolute atomic E-state index is 12.7. The number of carbonyl (C=O) groups is 1. The number of hydrogen-bond donors (Lipinski definition) is 2. The summed E-state index contributed by atoms with van der Waals surface area (Å²) >= 11 is 0. The molecule has 2 rings (SSSR count). The van der Waals surface area contributed by atoms with Crippen LogP contribution < -0.4 is 5.32 Å². The van der Waals surface area contributed by atoms with E-state index in [2.05, 4.69) is 5.32 Å². The Morgan fingerprint density at radius 3 is 2.44 bits per heavy atom. The van der Waals surface area contributed by atoms with Gasteiger partial charge in [-0.2, -0.15) is 0 Å². The average molecular weight is 245 g/mol. The monoisotopic (exact) mass is 245 g/mol. The van der Waals surface area contributed by atoms with Crippen LogP contribution in [0, 0.1) is 12.7 Å². The van der Waals surface area contributed by atoms with Crippen molar-refractivity contribution in [1.29, 1.82) is 0 Å². The number of phenolic OH excluding ortho intramolecular Hbond substituents is 1. The summed E-state index contributed by atoms with van der Waals surface area (Å²) in [5.74, 6) is -0.639. The highest BCUT2D eigenvalue weighted by atomic mass is 19.1. The normalized spacial score (nSPS) is 10.1. The number of rotatable bonds is 2. The number of halogens is 1. The first-order chi connectivity index (χ1) is 8.56. The van der Waals surface area contributed by atoms with Gasteiger partial charge in [0.05, 0.1) is 0 Å². The van der Waals surface area contributed by atoms with Crippen LogP contribution in [-0.2, 0) is 0 Å². The van der Waals surface area contributed by atoms with Gasteiger partial charge < -0.3 is 10.4 Å². The Balaban J connectivity index is 2.16. The molecule has 0 fully saturated rings. The van der Waals surface area contributed by atoms with Gasteiger partial charge in [0.25, 0.3) is 5.91 Å². The van der Waals surface area contributed by atoms with Gasteiger partial charge in [0, 0.05) is 11.3 Å². The molecule has 2 aromatic carbocycles. The summed E-state index contributed by atoms with van der Waals surface area (Å²) in [6, 6.07) is 10.2. The molecule has 0 aliphatic carbocycles. The number of anilines is 1. The van der Waals surface area contributed by atoms with Gasteiger partial charge in [-0.3, -0.25) is 4.79 Å². The molecule has 0 aliphatic heterocycles. The molecular formula is C14H12FNO2. The van der Waals surface area contributed by atoms with Crippen molar-refractivity contribution in [1.82, 2.24) is 0 Å². The Morgan fingerprint density at radius 2 is 1.83 bits per heavy atom. The molecule has 0 atom stereocenters. The fraction of sp³-hybridized carbons (Fsp3) is 0.0714. The second-order valence-corrected chi connectivity index (χ2v) is 3.96. The third-order valence-corrected chi connectivity index (χ3v) is 2.57. The fourth-order valence-corrected chi connectivity index (χ4v) is 1.49. The van der Waals surface area contributed by atoms with E-state index in [1.807, 2.05) is 0 Å². The van der Waals surface area contributed by atoms with E-state index < -0.39 is 0 Å². The average Bonchev–Trinajstić information content (AvgIpc) is 2.35. The minimum atomic E-state index is -0.360. The zero-order chi connectivity index (χ0) is 13.1. The molecule has 2 aromatic rings. The highest BCUT2D eigenvalue weighted by Gasteiger charge is 2.08. The van der Waals surface area contributed by atoms with Crippen LogP contribution in [0.4, 0.5) is 10.1 Å². The van der Waals surface area contributed by atoms with E-state index in [4.69, 9.17) is 0 Å². The molecule has 0 aromatic heterocycles. The molecule has 1 amide bonds. The quantitative estimate of drug-likeness (QED) is 0.854. The maximum atomic E-state index is 12.7. The van der Waals surface area contributed by atoms with Crippen LogP contribution in [0.2, 0.25) is 0 Å². The molecule has 92 valence electrons. The first-order valence-electron chi connectivity index (χ1n) is 5.43. The van der Waals surface area contributed by atoms with Crippen molar-refractivity contribution in [2.24, 2.45) is 0 Å². The van der Waals surface area contributed by atoms with Crippen molar-refractivity contribution >= 4 is 11.6 Å². The Kier molecular flexibility index (Phi) is 3.28. The second-order valence-electron chi connectivity index (χ2n) is 3.96. The Labute approximate surface area is 104 Å². The third kappa shape index (κ3) is 2.66. The SMILES string of the molecule is Cc1ccc(C(=O)Nc2ccc(F)cc2)cc1O. The molecule has 0 radical (unpaired) electrons. The zero-order valence-corrected chi connectivity index (χ0v) is 9.77. The van der Waals surface area contributed by atoms with Gasteiger partial charge in [0.1, 0.15) is 11.6 Å². The van der Waals surface area contributed by atoms with Crippen LogP contribution in [0.15, 0.2) is 42.5 Å². The van der Waals surface area contributed by atoms with Crippen LogP contribution in [0.5, 0.6) is 5.75 Å². The van der Waals surface area contributed by atoms with Crippen molar-refractivity contribution in [3.63, 3.8) is 0 Å². The second kappa shape index (κ2) is 4.87. The Morgan fingerprint density at radius 1 is 1.17 bits per heavy atom. The van der Waals surface area contributed by atoms with Crippen molar-refractivity contribution in [3.05, 3.63) is 59.4 Å². The summed E-state index contributed by atoms with van der Waals surface area (Å²) in [5.41, 5.74) is 1.55. The molecular weight excluding hydrogens is 233 g/mol. The van der Waals surface area contributed by atoms with Crippen LogP contribution in [-0.4, -0.2) is 11.0 Å². The van der Waals surface area contributed by atoms with Gasteiger partial charge in [-0.05, 0) is 48.9 Å². The van der Waals surface area contributed by atoms with E-state index >= 15 is 0 Å². The predicted molar refractivity (Wildman–Crippen MR) is 67.2 cm³/mol. The highest BCUT2D eigenvalue weighted by Crippen LogP contribution is 2.18. The number of amides is 1. The van der Waals surface area contributed by atoms with E-state index in [0.29, 0.717) is 16.8 Å². The van der Waals surface area contributed by atoms with Crippen molar-refractivity contribution in [2.45, 2.75) is 6.92 Å². The van der Waals surface area contributed by atoms with Gasteiger partial charge in [0.2, 0.25) is 0 Å². The lowest BCUT2D eigenvalue weighted by atomic mass is 10.1.